The van der Waals surface area contributed by atoms with Crippen molar-refractivity contribution in [2.24, 2.45) is 5.73 Å². The Balaban J connectivity index is 3.16. The van der Waals surface area contributed by atoms with Gasteiger partial charge >= 0.3 is 0 Å². The van der Waals surface area contributed by atoms with Crippen LogP contribution in [-0.2, 0) is 10.3 Å². The SMILES string of the molecule is CCC(=O)C(C)(N)c1ccccc1N. The number of anilines is 1. The van der Waals surface area contributed by atoms with Gasteiger partial charge < -0.3 is 11.5 Å². The van der Waals surface area contributed by atoms with Crippen LogP contribution in [0.25, 0.3) is 0 Å². The van der Waals surface area contributed by atoms with Gasteiger partial charge in [-0.1, -0.05) is 25.1 Å². The topological polar surface area (TPSA) is 69.1 Å². The number of benzene rings is 1. The van der Waals surface area contributed by atoms with Crippen LogP contribution in [0.15, 0.2) is 24.3 Å². The van der Waals surface area contributed by atoms with E-state index in [9.17, 15) is 4.79 Å². The lowest BCUT2D eigenvalue weighted by molar-refractivity contribution is -0.123. The van der Waals surface area contributed by atoms with Gasteiger partial charge in [-0.2, -0.15) is 0 Å². The summed E-state index contributed by atoms with van der Waals surface area (Å²) >= 11 is 0. The van der Waals surface area contributed by atoms with E-state index in [1.807, 2.05) is 12.1 Å². The zero-order chi connectivity index (χ0) is 10.8. The van der Waals surface area contributed by atoms with Gasteiger partial charge in [0.25, 0.3) is 0 Å². The summed E-state index contributed by atoms with van der Waals surface area (Å²) in [4.78, 5) is 11.6. The third kappa shape index (κ3) is 1.77. The molecule has 0 aliphatic rings. The van der Waals surface area contributed by atoms with Crippen LogP contribution in [0.4, 0.5) is 5.69 Å². The molecule has 1 atom stereocenters. The van der Waals surface area contributed by atoms with Gasteiger partial charge in [-0.3, -0.25) is 4.79 Å². The highest BCUT2D eigenvalue weighted by Gasteiger charge is 2.30. The predicted molar refractivity (Wildman–Crippen MR) is 57.7 cm³/mol. The number of carbonyl (C=O) groups excluding carboxylic acids is 1. The number of rotatable bonds is 3. The fraction of sp³-hybridized carbons (Fsp3) is 0.364. The number of ketones is 1. The molecule has 0 aliphatic heterocycles. The van der Waals surface area contributed by atoms with Gasteiger partial charge in [0.15, 0.2) is 5.78 Å². The van der Waals surface area contributed by atoms with E-state index in [4.69, 9.17) is 11.5 Å². The van der Waals surface area contributed by atoms with Crippen molar-refractivity contribution >= 4 is 11.5 Å². The molecule has 4 N–H and O–H groups in total. The van der Waals surface area contributed by atoms with Gasteiger partial charge in [-0.15, -0.1) is 0 Å². The number of para-hydroxylation sites is 1. The molecule has 1 rings (SSSR count). The Morgan fingerprint density at radius 1 is 1.43 bits per heavy atom. The van der Waals surface area contributed by atoms with Gasteiger partial charge in [0.1, 0.15) is 0 Å². The Bertz CT molecular complexity index is 345. The maximum atomic E-state index is 11.6. The van der Waals surface area contributed by atoms with Crippen molar-refractivity contribution in [1.29, 1.82) is 0 Å². The van der Waals surface area contributed by atoms with Gasteiger partial charge in [0.05, 0.1) is 5.54 Å². The molecular formula is C11H16N2O. The maximum absolute atomic E-state index is 11.6. The van der Waals surface area contributed by atoms with Crippen LogP contribution in [0.3, 0.4) is 0 Å². The Morgan fingerprint density at radius 2 is 2.00 bits per heavy atom. The Kier molecular flexibility index (Phi) is 2.91. The lowest BCUT2D eigenvalue weighted by Gasteiger charge is -2.24. The first-order valence-corrected chi connectivity index (χ1v) is 4.67. The van der Waals surface area contributed by atoms with Gasteiger partial charge in [-0.05, 0) is 13.0 Å². The molecule has 1 aromatic rings. The zero-order valence-corrected chi connectivity index (χ0v) is 8.58. The van der Waals surface area contributed by atoms with E-state index in [1.54, 1.807) is 26.0 Å². The highest BCUT2D eigenvalue weighted by Crippen LogP contribution is 2.25. The van der Waals surface area contributed by atoms with E-state index in [0.29, 0.717) is 17.7 Å². The average molecular weight is 192 g/mol. The van der Waals surface area contributed by atoms with Crippen LogP contribution in [0.5, 0.6) is 0 Å². The molecule has 3 heteroatoms. The summed E-state index contributed by atoms with van der Waals surface area (Å²) in [6, 6.07) is 7.21. The quantitative estimate of drug-likeness (QED) is 0.712. The lowest BCUT2D eigenvalue weighted by atomic mass is 9.86. The molecule has 0 radical (unpaired) electrons. The first kappa shape index (κ1) is 10.7. The van der Waals surface area contributed by atoms with E-state index < -0.39 is 5.54 Å². The molecule has 0 fully saturated rings. The number of nitrogen functional groups attached to an aromatic ring is 1. The van der Waals surface area contributed by atoms with E-state index in [0.717, 1.165) is 0 Å². The molecule has 1 aromatic carbocycles. The summed E-state index contributed by atoms with van der Waals surface area (Å²) in [7, 11) is 0. The summed E-state index contributed by atoms with van der Waals surface area (Å²) in [6.45, 7) is 3.50. The summed E-state index contributed by atoms with van der Waals surface area (Å²) < 4.78 is 0. The van der Waals surface area contributed by atoms with E-state index in [1.165, 1.54) is 0 Å². The summed E-state index contributed by atoms with van der Waals surface area (Å²) in [5.74, 6) is -0.00426. The van der Waals surface area contributed by atoms with Crippen LogP contribution < -0.4 is 11.5 Å². The van der Waals surface area contributed by atoms with E-state index in [-0.39, 0.29) is 5.78 Å². The summed E-state index contributed by atoms with van der Waals surface area (Å²) in [5, 5.41) is 0. The van der Waals surface area contributed by atoms with Crippen LogP contribution in [0.1, 0.15) is 25.8 Å². The third-order valence-corrected chi connectivity index (χ3v) is 2.42. The molecule has 76 valence electrons. The second-order valence-electron chi connectivity index (χ2n) is 3.57. The Hall–Kier alpha value is -1.35. The molecule has 14 heavy (non-hydrogen) atoms. The molecule has 0 saturated carbocycles. The summed E-state index contributed by atoms with van der Waals surface area (Å²) in [6.07, 6.45) is 0.418. The smallest absolute Gasteiger partial charge is 0.156 e. The van der Waals surface area contributed by atoms with Crippen LogP contribution in [0.2, 0.25) is 0 Å². The molecule has 0 amide bonds. The number of Topliss-reactive ketones (excluding diaryl/α,β-unsaturated/α-hetero) is 1. The van der Waals surface area contributed by atoms with Crippen molar-refractivity contribution in [3.05, 3.63) is 29.8 Å². The number of hydrogen-bond acceptors (Lipinski definition) is 3. The minimum Gasteiger partial charge on any atom is -0.398 e. The van der Waals surface area contributed by atoms with Crippen molar-refractivity contribution in [2.75, 3.05) is 5.73 Å². The fourth-order valence-corrected chi connectivity index (χ4v) is 1.49. The highest BCUT2D eigenvalue weighted by molar-refractivity contribution is 5.90. The Labute approximate surface area is 84.1 Å². The van der Waals surface area contributed by atoms with Gasteiger partial charge in [0, 0.05) is 17.7 Å². The molecular weight excluding hydrogens is 176 g/mol. The van der Waals surface area contributed by atoms with Crippen LogP contribution in [0, 0.1) is 0 Å². The van der Waals surface area contributed by atoms with Crippen molar-refractivity contribution in [1.82, 2.24) is 0 Å². The Morgan fingerprint density at radius 3 is 2.50 bits per heavy atom. The maximum Gasteiger partial charge on any atom is 0.156 e. The average Bonchev–Trinajstić information content (AvgIpc) is 2.17. The van der Waals surface area contributed by atoms with Crippen LogP contribution >= 0.6 is 0 Å². The normalized spacial score (nSPS) is 14.8. The fourth-order valence-electron chi connectivity index (χ4n) is 1.49. The monoisotopic (exact) mass is 192 g/mol. The van der Waals surface area contributed by atoms with Crippen molar-refractivity contribution in [3.8, 4) is 0 Å². The van der Waals surface area contributed by atoms with Gasteiger partial charge in [-0.25, -0.2) is 0 Å². The lowest BCUT2D eigenvalue weighted by Crippen LogP contribution is -2.42. The number of carbonyl (C=O) groups is 1. The highest BCUT2D eigenvalue weighted by atomic mass is 16.1. The molecule has 0 aliphatic carbocycles. The first-order valence-electron chi connectivity index (χ1n) is 4.67. The first-order chi connectivity index (χ1) is 6.50. The zero-order valence-electron chi connectivity index (χ0n) is 8.58. The number of hydrogen-bond donors (Lipinski definition) is 2. The molecule has 0 saturated heterocycles. The molecule has 1 unspecified atom stereocenters. The van der Waals surface area contributed by atoms with Crippen molar-refractivity contribution in [3.63, 3.8) is 0 Å². The minimum atomic E-state index is -0.972. The second kappa shape index (κ2) is 3.80. The van der Waals surface area contributed by atoms with Crippen LogP contribution in [-0.4, -0.2) is 5.78 Å². The van der Waals surface area contributed by atoms with Crippen molar-refractivity contribution < 1.29 is 4.79 Å². The molecule has 0 spiro atoms. The predicted octanol–water partition coefficient (Wildman–Crippen LogP) is 1.42. The number of nitrogens with two attached hydrogens (primary N) is 2. The van der Waals surface area contributed by atoms with Gasteiger partial charge in [0.2, 0.25) is 0 Å². The standard InChI is InChI=1S/C11H16N2O/c1-3-10(14)11(2,13)8-6-4-5-7-9(8)12/h4-7H,3,12-13H2,1-2H3. The largest absolute Gasteiger partial charge is 0.398 e. The molecule has 0 heterocycles. The van der Waals surface area contributed by atoms with E-state index in [2.05, 4.69) is 0 Å². The summed E-state index contributed by atoms with van der Waals surface area (Å²) in [5.41, 5.74) is 12.0. The third-order valence-electron chi connectivity index (χ3n) is 2.42. The second-order valence-corrected chi connectivity index (χ2v) is 3.57. The molecule has 0 aromatic heterocycles. The molecule has 0 bridgehead atoms. The molecule has 3 nitrogen and oxygen atoms in total. The van der Waals surface area contributed by atoms with E-state index >= 15 is 0 Å². The van der Waals surface area contributed by atoms with Crippen molar-refractivity contribution in [2.45, 2.75) is 25.8 Å². The minimum absolute atomic E-state index is 0.00426.